The van der Waals surface area contributed by atoms with Gasteiger partial charge in [0.2, 0.25) is 0 Å². The summed E-state index contributed by atoms with van der Waals surface area (Å²) in [6.07, 6.45) is 1.44. The Balaban J connectivity index is 2.46. The Morgan fingerprint density at radius 1 is 1.45 bits per heavy atom. The van der Waals surface area contributed by atoms with Gasteiger partial charge in [-0.3, -0.25) is 19.8 Å². The molecule has 1 heterocycles. The molecular weight excluding hydrogens is 419 g/mol. The third-order valence-electron chi connectivity index (χ3n) is 2.97. The summed E-state index contributed by atoms with van der Waals surface area (Å²) in [4.78, 5) is 25.3. The van der Waals surface area contributed by atoms with E-state index >= 15 is 0 Å². The predicted octanol–water partition coefficient (Wildman–Crippen LogP) is 1.65. The molecule has 2 amide bonds. The first-order valence-corrected chi connectivity index (χ1v) is 7.84. The van der Waals surface area contributed by atoms with Gasteiger partial charge in [0.15, 0.2) is 16.6 Å². The highest BCUT2D eigenvalue weighted by Gasteiger charge is 2.30. The molecule has 8 heteroatoms. The molecule has 116 valence electrons. The van der Waals surface area contributed by atoms with Crippen molar-refractivity contribution in [2.75, 3.05) is 13.7 Å². The lowest BCUT2D eigenvalue weighted by Gasteiger charge is -2.25. The summed E-state index contributed by atoms with van der Waals surface area (Å²) in [5.74, 6) is -0.694. The average molecular weight is 432 g/mol. The third-order valence-corrected chi connectivity index (χ3v) is 4.16. The first-order chi connectivity index (χ1) is 10.3. The van der Waals surface area contributed by atoms with E-state index in [1.807, 2.05) is 22.6 Å². The van der Waals surface area contributed by atoms with Crippen LogP contribution in [-0.4, -0.2) is 40.6 Å². The van der Waals surface area contributed by atoms with Crippen molar-refractivity contribution < 1.29 is 19.4 Å². The number of carbonyl (C=O) groups is 2. The van der Waals surface area contributed by atoms with Gasteiger partial charge in [0.05, 0.1) is 10.2 Å². The Morgan fingerprint density at radius 3 is 2.77 bits per heavy atom. The number of hydrogen-bond acceptors (Lipinski definition) is 5. The number of benzene rings is 1. The molecule has 0 atom stereocenters. The van der Waals surface area contributed by atoms with E-state index < -0.39 is 11.8 Å². The van der Waals surface area contributed by atoms with Crippen molar-refractivity contribution in [2.24, 2.45) is 0 Å². The summed E-state index contributed by atoms with van der Waals surface area (Å²) in [7, 11) is 1.49. The number of phenolic OH excluding ortho intramolecular Hbond substituents is 1. The molecule has 0 radical (unpaired) electrons. The first kappa shape index (κ1) is 16.7. The zero-order valence-electron chi connectivity index (χ0n) is 11.8. The number of amides is 2. The highest BCUT2D eigenvalue weighted by atomic mass is 127. The molecule has 0 unspecified atom stereocenters. The molecule has 1 aliphatic heterocycles. The second kappa shape index (κ2) is 6.61. The van der Waals surface area contributed by atoms with Crippen molar-refractivity contribution in [1.29, 1.82) is 0 Å². The van der Waals surface area contributed by atoms with Gasteiger partial charge in [0.25, 0.3) is 11.8 Å². The molecule has 1 saturated heterocycles. The number of hydrogen-bond donors (Lipinski definition) is 2. The van der Waals surface area contributed by atoms with Gasteiger partial charge in [-0.1, -0.05) is 0 Å². The Morgan fingerprint density at radius 2 is 2.14 bits per heavy atom. The second-order valence-electron chi connectivity index (χ2n) is 4.46. The molecule has 2 rings (SSSR count). The number of phenols is 1. The van der Waals surface area contributed by atoms with Gasteiger partial charge in [-0.05, 0) is 65.5 Å². The predicted molar refractivity (Wildman–Crippen MR) is 93.5 cm³/mol. The van der Waals surface area contributed by atoms with E-state index in [0.29, 0.717) is 21.5 Å². The van der Waals surface area contributed by atoms with Crippen LogP contribution in [0.5, 0.6) is 11.5 Å². The smallest absolute Gasteiger partial charge is 0.265 e. The molecule has 1 aromatic rings. The van der Waals surface area contributed by atoms with Crippen LogP contribution in [0.3, 0.4) is 0 Å². The van der Waals surface area contributed by atoms with E-state index in [4.69, 9.17) is 17.0 Å². The zero-order chi connectivity index (χ0) is 16.4. The molecule has 1 aromatic carbocycles. The van der Waals surface area contributed by atoms with E-state index in [1.165, 1.54) is 18.0 Å². The summed E-state index contributed by atoms with van der Waals surface area (Å²) in [5.41, 5.74) is 0.547. The van der Waals surface area contributed by atoms with Gasteiger partial charge in [-0.15, -0.1) is 0 Å². The number of halogens is 1. The minimum Gasteiger partial charge on any atom is -0.504 e. The largest absolute Gasteiger partial charge is 0.504 e. The van der Waals surface area contributed by atoms with Gasteiger partial charge in [0.1, 0.15) is 5.57 Å². The molecule has 0 bridgehead atoms. The summed E-state index contributed by atoms with van der Waals surface area (Å²) < 4.78 is 5.90. The first-order valence-electron chi connectivity index (χ1n) is 6.35. The number of nitrogens with one attached hydrogen (secondary N) is 1. The molecule has 1 aliphatic rings. The van der Waals surface area contributed by atoms with E-state index in [0.717, 1.165) is 0 Å². The van der Waals surface area contributed by atoms with Crippen molar-refractivity contribution in [3.05, 3.63) is 26.8 Å². The summed E-state index contributed by atoms with van der Waals surface area (Å²) in [6, 6.07) is 3.22. The van der Waals surface area contributed by atoms with E-state index in [2.05, 4.69) is 5.32 Å². The lowest BCUT2D eigenvalue weighted by atomic mass is 10.1. The minimum atomic E-state index is -0.547. The van der Waals surface area contributed by atoms with Crippen LogP contribution in [0.25, 0.3) is 6.08 Å². The molecule has 6 nitrogen and oxygen atoms in total. The van der Waals surface area contributed by atoms with Crippen LogP contribution < -0.4 is 10.1 Å². The quantitative estimate of drug-likeness (QED) is 0.329. The maximum absolute atomic E-state index is 12.1. The van der Waals surface area contributed by atoms with Crippen LogP contribution in [-0.2, 0) is 9.59 Å². The van der Waals surface area contributed by atoms with Crippen LogP contribution >= 0.6 is 34.8 Å². The second-order valence-corrected chi connectivity index (χ2v) is 6.01. The fourth-order valence-electron chi connectivity index (χ4n) is 1.85. The van der Waals surface area contributed by atoms with Gasteiger partial charge in [0, 0.05) is 7.05 Å². The van der Waals surface area contributed by atoms with Crippen LogP contribution in [0.4, 0.5) is 0 Å². The Hall–Kier alpha value is -1.68. The molecule has 1 fully saturated rings. The molecule has 2 N–H and O–H groups in total. The highest BCUT2D eigenvalue weighted by molar-refractivity contribution is 14.1. The number of rotatable bonds is 3. The van der Waals surface area contributed by atoms with Gasteiger partial charge < -0.3 is 9.84 Å². The number of likely N-dealkylation sites (N-methyl/N-ethyl adjacent to an activating group) is 1. The summed E-state index contributed by atoms with van der Waals surface area (Å²) >= 11 is 6.84. The monoisotopic (exact) mass is 432 g/mol. The third kappa shape index (κ3) is 3.22. The standard InChI is InChI=1S/C14H13IN2O4S/c1-3-21-10-6-7(5-9(15)11(10)18)4-8-12(19)16-14(22)17(2)13(8)20/h4-6,18H,3H2,1-2H3,(H,16,19,22). The Kier molecular flexibility index (Phi) is 5.01. The SMILES string of the molecule is CCOc1cc(C=C2C(=O)NC(=S)N(C)C2=O)cc(I)c1O. The Bertz CT molecular complexity index is 702. The van der Waals surface area contributed by atoms with E-state index in [1.54, 1.807) is 19.1 Å². The van der Waals surface area contributed by atoms with Crippen molar-refractivity contribution in [3.8, 4) is 11.5 Å². The molecule has 0 saturated carbocycles. The van der Waals surface area contributed by atoms with Gasteiger partial charge in [-0.25, -0.2) is 0 Å². The number of aromatic hydroxyl groups is 1. The van der Waals surface area contributed by atoms with Gasteiger partial charge >= 0.3 is 0 Å². The van der Waals surface area contributed by atoms with Crippen LogP contribution in [0.2, 0.25) is 0 Å². The molecule has 22 heavy (non-hydrogen) atoms. The van der Waals surface area contributed by atoms with Crippen LogP contribution in [0.15, 0.2) is 17.7 Å². The molecule has 0 spiro atoms. The number of carbonyl (C=O) groups excluding carboxylic acids is 2. The van der Waals surface area contributed by atoms with Crippen molar-refractivity contribution in [3.63, 3.8) is 0 Å². The van der Waals surface area contributed by atoms with Crippen molar-refractivity contribution in [2.45, 2.75) is 6.92 Å². The minimum absolute atomic E-state index is 0.0277. The molecular formula is C14H13IN2O4S. The van der Waals surface area contributed by atoms with Crippen molar-refractivity contribution in [1.82, 2.24) is 10.2 Å². The lowest BCUT2D eigenvalue weighted by molar-refractivity contribution is -0.128. The summed E-state index contributed by atoms with van der Waals surface area (Å²) in [6.45, 7) is 2.19. The average Bonchev–Trinajstić information content (AvgIpc) is 2.46. The van der Waals surface area contributed by atoms with Crippen molar-refractivity contribution >= 4 is 57.8 Å². The maximum atomic E-state index is 12.1. The highest BCUT2D eigenvalue weighted by Crippen LogP contribution is 2.33. The lowest BCUT2D eigenvalue weighted by Crippen LogP contribution is -2.52. The fraction of sp³-hybridized carbons (Fsp3) is 0.214. The molecule has 0 aromatic heterocycles. The maximum Gasteiger partial charge on any atom is 0.265 e. The fourth-order valence-corrected chi connectivity index (χ4v) is 2.66. The van der Waals surface area contributed by atoms with Crippen LogP contribution in [0, 0.1) is 3.57 Å². The van der Waals surface area contributed by atoms with E-state index in [-0.39, 0.29) is 16.4 Å². The topological polar surface area (TPSA) is 78.9 Å². The molecule has 0 aliphatic carbocycles. The van der Waals surface area contributed by atoms with Crippen LogP contribution in [0.1, 0.15) is 12.5 Å². The summed E-state index contributed by atoms with van der Waals surface area (Å²) in [5, 5.41) is 12.4. The van der Waals surface area contributed by atoms with E-state index in [9.17, 15) is 14.7 Å². The zero-order valence-corrected chi connectivity index (χ0v) is 14.8. The normalized spacial score (nSPS) is 17.0. The number of nitrogens with zero attached hydrogens (tertiary/aromatic N) is 1. The number of thiocarbonyl (C=S) groups is 1. The number of ether oxygens (including phenoxy) is 1. The Labute approximate surface area is 146 Å². The van der Waals surface area contributed by atoms with Gasteiger partial charge in [-0.2, -0.15) is 0 Å².